The number of guanidine groups is 1. The lowest BCUT2D eigenvalue weighted by Crippen LogP contribution is -2.45. The minimum absolute atomic E-state index is 0.0316. The van der Waals surface area contributed by atoms with E-state index in [1.54, 1.807) is 25.4 Å². The summed E-state index contributed by atoms with van der Waals surface area (Å²) in [6, 6.07) is 3.37. The largest absolute Gasteiger partial charge is 0.355 e. The van der Waals surface area contributed by atoms with Gasteiger partial charge >= 0.3 is 0 Å². The lowest BCUT2D eigenvalue weighted by atomic mass is 10.2. The quantitative estimate of drug-likeness (QED) is 0.338. The molecule has 0 aliphatic rings. The van der Waals surface area contributed by atoms with Crippen LogP contribution in [0, 0.1) is 0 Å². The van der Waals surface area contributed by atoms with Crippen LogP contribution in [0.5, 0.6) is 0 Å². The topological polar surface area (TPSA) is 113 Å². The maximum absolute atomic E-state index is 11.8. The maximum Gasteiger partial charge on any atom is 0.252 e. The summed E-state index contributed by atoms with van der Waals surface area (Å²) in [5, 5.41) is 8.95. The van der Waals surface area contributed by atoms with Gasteiger partial charge < -0.3 is 16.0 Å². The molecule has 8 nitrogen and oxygen atoms in total. The van der Waals surface area contributed by atoms with E-state index in [0.29, 0.717) is 31.0 Å². The third-order valence-electron chi connectivity index (χ3n) is 3.16. The maximum atomic E-state index is 11.8. The van der Waals surface area contributed by atoms with Crippen molar-refractivity contribution >= 4 is 21.7 Å². The average Bonchev–Trinajstić information content (AvgIpc) is 2.55. The Bertz CT molecular complexity index is 646. The fourth-order valence-electron chi connectivity index (χ4n) is 1.85. The van der Waals surface area contributed by atoms with Crippen LogP contribution >= 0.6 is 0 Å². The summed E-state index contributed by atoms with van der Waals surface area (Å²) >= 11 is 0. The molecule has 0 saturated heterocycles. The van der Waals surface area contributed by atoms with Crippen molar-refractivity contribution in [3.8, 4) is 0 Å². The molecule has 1 unspecified atom stereocenters. The normalized spacial score (nSPS) is 13.2. The molecule has 9 heteroatoms. The smallest absolute Gasteiger partial charge is 0.252 e. The van der Waals surface area contributed by atoms with Gasteiger partial charge in [0.2, 0.25) is 0 Å². The van der Waals surface area contributed by atoms with Crippen molar-refractivity contribution in [3.63, 3.8) is 0 Å². The van der Waals surface area contributed by atoms with E-state index in [0.717, 1.165) is 0 Å². The lowest BCUT2D eigenvalue weighted by molar-refractivity contribution is 0.0954. The second-order valence-corrected chi connectivity index (χ2v) is 7.72. The molecule has 1 aromatic rings. The highest BCUT2D eigenvalue weighted by Gasteiger charge is 2.09. The Labute approximate surface area is 143 Å². The fraction of sp³-hybridized carbons (Fsp3) is 0.533. The van der Waals surface area contributed by atoms with Crippen molar-refractivity contribution < 1.29 is 13.2 Å². The van der Waals surface area contributed by atoms with E-state index >= 15 is 0 Å². The molecular formula is C15H25N5O3S. The monoisotopic (exact) mass is 355 g/mol. The van der Waals surface area contributed by atoms with Crippen LogP contribution in [0.4, 0.5) is 0 Å². The number of nitrogens with zero attached hydrogens (tertiary/aromatic N) is 2. The van der Waals surface area contributed by atoms with Gasteiger partial charge in [0.05, 0.1) is 11.3 Å². The molecule has 3 N–H and O–H groups in total. The molecule has 1 aromatic heterocycles. The minimum atomic E-state index is -2.97. The Morgan fingerprint density at radius 3 is 2.62 bits per heavy atom. The highest BCUT2D eigenvalue weighted by atomic mass is 32.2. The minimum Gasteiger partial charge on any atom is -0.355 e. The van der Waals surface area contributed by atoms with Gasteiger partial charge in [-0.3, -0.25) is 14.8 Å². The number of aliphatic imine (C=N–C) groups is 1. The first kappa shape index (κ1) is 19.9. The van der Waals surface area contributed by atoms with Crippen LogP contribution in [-0.4, -0.2) is 63.5 Å². The van der Waals surface area contributed by atoms with Crippen molar-refractivity contribution in [2.45, 2.75) is 19.4 Å². The number of carbonyl (C=O) groups is 1. The first-order valence-electron chi connectivity index (χ1n) is 7.65. The van der Waals surface area contributed by atoms with Crippen molar-refractivity contribution in [3.05, 3.63) is 30.1 Å². The molecule has 0 aliphatic heterocycles. The predicted octanol–water partition coefficient (Wildman–Crippen LogP) is -0.200. The summed E-state index contributed by atoms with van der Waals surface area (Å²) in [5.74, 6) is 0.500. The third kappa shape index (κ3) is 8.47. The molecule has 1 amide bonds. The molecule has 0 saturated carbocycles. The van der Waals surface area contributed by atoms with Gasteiger partial charge in [0.15, 0.2) is 5.96 Å². The zero-order chi connectivity index (χ0) is 18.0. The van der Waals surface area contributed by atoms with Crippen LogP contribution in [0.1, 0.15) is 23.7 Å². The van der Waals surface area contributed by atoms with E-state index in [-0.39, 0.29) is 17.7 Å². The van der Waals surface area contributed by atoms with Gasteiger partial charge in [-0.05, 0) is 25.5 Å². The Morgan fingerprint density at radius 1 is 1.33 bits per heavy atom. The van der Waals surface area contributed by atoms with Crippen molar-refractivity contribution in [2.24, 2.45) is 4.99 Å². The van der Waals surface area contributed by atoms with Gasteiger partial charge in [-0.1, -0.05) is 0 Å². The Kier molecular flexibility index (Phi) is 8.17. The van der Waals surface area contributed by atoms with Crippen molar-refractivity contribution in [2.75, 3.05) is 32.1 Å². The highest BCUT2D eigenvalue weighted by Crippen LogP contribution is 1.96. The molecule has 0 aliphatic carbocycles. The van der Waals surface area contributed by atoms with Crippen LogP contribution in [0.15, 0.2) is 29.5 Å². The van der Waals surface area contributed by atoms with Gasteiger partial charge in [0.1, 0.15) is 9.84 Å². The predicted molar refractivity (Wildman–Crippen MR) is 94.9 cm³/mol. The van der Waals surface area contributed by atoms with E-state index in [1.165, 1.54) is 12.5 Å². The van der Waals surface area contributed by atoms with E-state index in [4.69, 9.17) is 0 Å². The molecule has 1 atom stereocenters. The zero-order valence-corrected chi connectivity index (χ0v) is 15.1. The zero-order valence-electron chi connectivity index (χ0n) is 14.2. The molecule has 24 heavy (non-hydrogen) atoms. The molecule has 0 radical (unpaired) electrons. The third-order valence-corrected chi connectivity index (χ3v) is 4.13. The molecular weight excluding hydrogens is 330 g/mol. The summed E-state index contributed by atoms with van der Waals surface area (Å²) < 4.78 is 22.3. The number of sulfone groups is 1. The fourth-order valence-corrected chi connectivity index (χ4v) is 2.63. The number of rotatable bonds is 8. The molecule has 0 aromatic carbocycles. The van der Waals surface area contributed by atoms with Crippen molar-refractivity contribution in [1.82, 2.24) is 20.9 Å². The highest BCUT2D eigenvalue weighted by molar-refractivity contribution is 7.90. The lowest BCUT2D eigenvalue weighted by Gasteiger charge is -2.17. The first-order valence-corrected chi connectivity index (χ1v) is 9.71. The number of amides is 1. The number of nitrogens with one attached hydrogen (secondary N) is 3. The number of hydrogen-bond acceptors (Lipinski definition) is 5. The summed E-state index contributed by atoms with van der Waals surface area (Å²) in [6.45, 7) is 2.80. The first-order chi connectivity index (χ1) is 11.3. The standard InChI is InChI=1S/C15H25N5O3S/c1-12(6-10-24(3,22)23)20-15(16-2)19-9-8-18-14(21)13-5-4-7-17-11-13/h4-5,7,11-12H,6,8-10H2,1-3H3,(H,18,21)(H2,16,19,20). The summed E-state index contributed by atoms with van der Waals surface area (Å²) in [6.07, 6.45) is 4.83. The van der Waals surface area contributed by atoms with E-state index in [2.05, 4.69) is 25.9 Å². The van der Waals surface area contributed by atoms with Crippen LogP contribution in [0.2, 0.25) is 0 Å². The van der Waals surface area contributed by atoms with E-state index in [9.17, 15) is 13.2 Å². The van der Waals surface area contributed by atoms with Gasteiger partial charge in [-0.15, -0.1) is 0 Å². The molecule has 1 rings (SSSR count). The van der Waals surface area contributed by atoms with Crippen LogP contribution in [0.3, 0.4) is 0 Å². The number of hydrogen-bond donors (Lipinski definition) is 3. The Morgan fingerprint density at radius 2 is 2.04 bits per heavy atom. The molecule has 134 valence electrons. The van der Waals surface area contributed by atoms with Crippen LogP contribution < -0.4 is 16.0 Å². The van der Waals surface area contributed by atoms with E-state index in [1.807, 2.05) is 6.92 Å². The second kappa shape index (κ2) is 9.86. The summed E-state index contributed by atoms with van der Waals surface area (Å²) in [4.78, 5) is 19.8. The average molecular weight is 355 g/mol. The van der Waals surface area contributed by atoms with Gasteiger partial charge in [-0.25, -0.2) is 8.42 Å². The van der Waals surface area contributed by atoms with E-state index < -0.39 is 9.84 Å². The van der Waals surface area contributed by atoms with Gasteiger partial charge in [0.25, 0.3) is 5.91 Å². The molecule has 0 fully saturated rings. The Hall–Kier alpha value is -2.16. The van der Waals surface area contributed by atoms with Gasteiger partial charge in [0, 0.05) is 44.8 Å². The molecule has 0 bridgehead atoms. The molecule has 0 spiro atoms. The summed E-state index contributed by atoms with van der Waals surface area (Å²) in [7, 11) is -1.34. The SMILES string of the molecule is CN=C(NCCNC(=O)c1cccnc1)NC(C)CCS(C)(=O)=O. The second-order valence-electron chi connectivity index (χ2n) is 5.46. The Balaban J connectivity index is 2.28. The number of aromatic nitrogens is 1. The number of carbonyl (C=O) groups excluding carboxylic acids is 1. The van der Waals surface area contributed by atoms with Crippen molar-refractivity contribution in [1.29, 1.82) is 0 Å². The molecule has 1 heterocycles. The van der Waals surface area contributed by atoms with Gasteiger partial charge in [-0.2, -0.15) is 0 Å². The van der Waals surface area contributed by atoms with Crippen LogP contribution in [-0.2, 0) is 9.84 Å². The summed E-state index contributed by atoms with van der Waals surface area (Å²) in [5.41, 5.74) is 0.509. The number of pyridine rings is 1. The van der Waals surface area contributed by atoms with Crippen LogP contribution in [0.25, 0.3) is 0 Å².